The molecule has 98 valence electrons. The Morgan fingerprint density at radius 2 is 2.22 bits per heavy atom. The molecule has 0 bridgehead atoms. The first-order valence-corrected chi connectivity index (χ1v) is 7.09. The molecule has 2 unspecified atom stereocenters. The zero-order valence-corrected chi connectivity index (χ0v) is 11.2. The minimum atomic E-state index is 0.159. The van der Waals surface area contributed by atoms with E-state index in [2.05, 4.69) is 19.1 Å². The largest absolute Gasteiger partial charge is 0.330 e. The number of hydrogen-bond donors (Lipinski definition) is 1. The minimum Gasteiger partial charge on any atom is -0.330 e. The number of benzene rings is 1. The van der Waals surface area contributed by atoms with Gasteiger partial charge in [0.2, 0.25) is 0 Å². The zero-order chi connectivity index (χ0) is 13.0. The van der Waals surface area contributed by atoms with E-state index in [0.717, 1.165) is 37.7 Å². The van der Waals surface area contributed by atoms with Gasteiger partial charge in [-0.3, -0.25) is 4.79 Å². The number of ketones is 1. The highest BCUT2D eigenvalue weighted by Gasteiger charge is 2.32. The Kier molecular flexibility index (Phi) is 4.54. The summed E-state index contributed by atoms with van der Waals surface area (Å²) in [5.41, 5.74) is 7.92. The normalized spacial score (nSPS) is 23.2. The Morgan fingerprint density at radius 1 is 1.39 bits per heavy atom. The molecule has 18 heavy (non-hydrogen) atoms. The molecule has 0 saturated heterocycles. The van der Waals surface area contributed by atoms with Gasteiger partial charge in [-0.15, -0.1) is 0 Å². The van der Waals surface area contributed by atoms with E-state index < -0.39 is 0 Å². The molecule has 1 fully saturated rings. The van der Waals surface area contributed by atoms with Crippen molar-refractivity contribution in [1.29, 1.82) is 0 Å². The van der Waals surface area contributed by atoms with Crippen molar-refractivity contribution in [1.82, 2.24) is 0 Å². The molecule has 2 atom stereocenters. The lowest BCUT2D eigenvalue weighted by molar-refractivity contribution is 0.0893. The molecule has 1 aliphatic carbocycles. The van der Waals surface area contributed by atoms with E-state index in [0.29, 0.717) is 18.2 Å². The monoisotopic (exact) mass is 245 g/mol. The van der Waals surface area contributed by atoms with Crippen LogP contribution < -0.4 is 5.73 Å². The Hall–Kier alpha value is -1.15. The summed E-state index contributed by atoms with van der Waals surface area (Å²) in [5, 5.41) is 0. The van der Waals surface area contributed by atoms with Crippen LogP contribution in [0, 0.1) is 11.8 Å². The Balaban J connectivity index is 2.15. The van der Waals surface area contributed by atoms with E-state index >= 15 is 0 Å². The second kappa shape index (κ2) is 6.14. The average molecular weight is 245 g/mol. The number of rotatable bonds is 5. The topological polar surface area (TPSA) is 43.1 Å². The quantitative estimate of drug-likeness (QED) is 0.809. The number of carbonyl (C=O) groups excluding carboxylic acids is 1. The van der Waals surface area contributed by atoms with Gasteiger partial charge in [-0.25, -0.2) is 0 Å². The number of aryl methyl sites for hydroxylation is 1. The van der Waals surface area contributed by atoms with Gasteiger partial charge in [-0.2, -0.15) is 0 Å². The van der Waals surface area contributed by atoms with Gasteiger partial charge in [0.05, 0.1) is 0 Å². The standard InChI is InChI=1S/C16H23NO/c1-2-5-12-6-3-7-13(10-12)16(18)15-9-4-8-14(15)11-17/h3,6-7,10,14-15H,2,4-5,8-9,11,17H2,1H3. The molecule has 1 aromatic carbocycles. The molecular weight excluding hydrogens is 222 g/mol. The third kappa shape index (κ3) is 2.81. The molecule has 0 heterocycles. The van der Waals surface area contributed by atoms with Crippen molar-refractivity contribution in [2.45, 2.75) is 39.0 Å². The van der Waals surface area contributed by atoms with Crippen molar-refractivity contribution in [3.8, 4) is 0 Å². The van der Waals surface area contributed by atoms with Crippen LogP contribution in [0.2, 0.25) is 0 Å². The Bertz CT molecular complexity index is 413. The molecule has 1 saturated carbocycles. The fourth-order valence-electron chi connectivity index (χ4n) is 3.05. The maximum absolute atomic E-state index is 12.5. The summed E-state index contributed by atoms with van der Waals surface area (Å²) in [7, 11) is 0. The van der Waals surface area contributed by atoms with Gasteiger partial charge in [0.1, 0.15) is 0 Å². The van der Waals surface area contributed by atoms with E-state index in [1.54, 1.807) is 0 Å². The molecule has 0 radical (unpaired) electrons. The molecular formula is C16H23NO. The van der Waals surface area contributed by atoms with Crippen LogP contribution in [0.1, 0.15) is 48.5 Å². The molecule has 1 aromatic rings. The first kappa shape index (κ1) is 13.3. The second-order valence-corrected chi connectivity index (χ2v) is 5.35. The lowest BCUT2D eigenvalue weighted by atomic mass is 9.88. The first-order chi connectivity index (χ1) is 8.76. The lowest BCUT2D eigenvalue weighted by Gasteiger charge is -2.16. The highest BCUT2D eigenvalue weighted by Crippen LogP contribution is 2.33. The summed E-state index contributed by atoms with van der Waals surface area (Å²) in [6.07, 6.45) is 5.44. The van der Waals surface area contributed by atoms with Crippen molar-refractivity contribution in [2.24, 2.45) is 17.6 Å². The van der Waals surface area contributed by atoms with Crippen LogP contribution in [-0.4, -0.2) is 12.3 Å². The summed E-state index contributed by atoms with van der Waals surface area (Å²) < 4.78 is 0. The van der Waals surface area contributed by atoms with Crippen LogP contribution in [-0.2, 0) is 6.42 Å². The van der Waals surface area contributed by atoms with Crippen LogP contribution in [0.3, 0.4) is 0 Å². The summed E-state index contributed by atoms with van der Waals surface area (Å²) in [4.78, 5) is 12.5. The average Bonchev–Trinajstić information content (AvgIpc) is 2.87. The maximum atomic E-state index is 12.5. The molecule has 2 heteroatoms. The summed E-state index contributed by atoms with van der Waals surface area (Å²) in [6.45, 7) is 2.81. The van der Waals surface area contributed by atoms with Crippen LogP contribution >= 0.6 is 0 Å². The molecule has 2 N–H and O–H groups in total. The molecule has 2 nitrogen and oxygen atoms in total. The van der Waals surface area contributed by atoms with E-state index in [9.17, 15) is 4.79 Å². The van der Waals surface area contributed by atoms with Crippen LogP contribution in [0.4, 0.5) is 0 Å². The van der Waals surface area contributed by atoms with E-state index in [4.69, 9.17) is 5.73 Å². The van der Waals surface area contributed by atoms with E-state index in [-0.39, 0.29) is 5.92 Å². The smallest absolute Gasteiger partial charge is 0.166 e. The molecule has 2 rings (SSSR count). The third-order valence-corrected chi connectivity index (χ3v) is 4.05. The van der Waals surface area contributed by atoms with Crippen molar-refractivity contribution in [3.63, 3.8) is 0 Å². The SMILES string of the molecule is CCCc1cccc(C(=O)C2CCCC2CN)c1. The summed E-state index contributed by atoms with van der Waals surface area (Å²) in [5.74, 6) is 0.861. The van der Waals surface area contributed by atoms with Crippen molar-refractivity contribution in [3.05, 3.63) is 35.4 Å². The third-order valence-electron chi connectivity index (χ3n) is 4.05. The van der Waals surface area contributed by atoms with Crippen LogP contribution in [0.5, 0.6) is 0 Å². The van der Waals surface area contributed by atoms with Gasteiger partial charge < -0.3 is 5.73 Å². The number of Topliss-reactive ketones (excluding diaryl/α,β-unsaturated/α-hetero) is 1. The molecule has 1 aliphatic rings. The fraction of sp³-hybridized carbons (Fsp3) is 0.562. The highest BCUT2D eigenvalue weighted by atomic mass is 16.1. The van der Waals surface area contributed by atoms with Crippen LogP contribution in [0.15, 0.2) is 24.3 Å². The lowest BCUT2D eigenvalue weighted by Crippen LogP contribution is -2.25. The first-order valence-electron chi connectivity index (χ1n) is 7.09. The predicted molar refractivity (Wildman–Crippen MR) is 74.7 cm³/mol. The van der Waals surface area contributed by atoms with Gasteiger partial charge >= 0.3 is 0 Å². The van der Waals surface area contributed by atoms with Gasteiger partial charge in [-0.1, -0.05) is 38.0 Å². The van der Waals surface area contributed by atoms with Gasteiger partial charge in [-0.05, 0) is 43.4 Å². The number of nitrogens with two attached hydrogens (primary N) is 1. The molecule has 0 spiro atoms. The second-order valence-electron chi connectivity index (χ2n) is 5.35. The summed E-state index contributed by atoms with van der Waals surface area (Å²) >= 11 is 0. The van der Waals surface area contributed by atoms with Crippen LogP contribution in [0.25, 0.3) is 0 Å². The highest BCUT2D eigenvalue weighted by molar-refractivity contribution is 5.98. The van der Waals surface area contributed by atoms with Crippen molar-refractivity contribution < 1.29 is 4.79 Å². The number of hydrogen-bond acceptors (Lipinski definition) is 2. The minimum absolute atomic E-state index is 0.159. The predicted octanol–water partition coefficient (Wildman–Crippen LogP) is 3.20. The van der Waals surface area contributed by atoms with E-state index in [1.807, 2.05) is 12.1 Å². The van der Waals surface area contributed by atoms with E-state index in [1.165, 1.54) is 5.56 Å². The zero-order valence-electron chi connectivity index (χ0n) is 11.2. The molecule has 0 aliphatic heterocycles. The van der Waals surface area contributed by atoms with Crippen molar-refractivity contribution >= 4 is 5.78 Å². The van der Waals surface area contributed by atoms with Gasteiger partial charge in [0, 0.05) is 11.5 Å². The Morgan fingerprint density at radius 3 is 2.94 bits per heavy atom. The maximum Gasteiger partial charge on any atom is 0.166 e. The van der Waals surface area contributed by atoms with Gasteiger partial charge in [0.25, 0.3) is 0 Å². The molecule has 0 aromatic heterocycles. The van der Waals surface area contributed by atoms with Gasteiger partial charge in [0.15, 0.2) is 5.78 Å². The fourth-order valence-corrected chi connectivity index (χ4v) is 3.05. The number of carbonyl (C=O) groups is 1. The Labute approximate surface area is 110 Å². The molecule has 0 amide bonds. The summed E-state index contributed by atoms with van der Waals surface area (Å²) in [6, 6.07) is 8.13. The van der Waals surface area contributed by atoms with Crippen molar-refractivity contribution in [2.75, 3.05) is 6.54 Å².